The Balaban J connectivity index is 0.999. The van der Waals surface area contributed by atoms with Crippen molar-refractivity contribution in [3.63, 3.8) is 0 Å². The van der Waals surface area contributed by atoms with Crippen molar-refractivity contribution in [3.8, 4) is 56.5 Å². The minimum atomic E-state index is 0.562. The summed E-state index contributed by atoms with van der Waals surface area (Å²) in [6.45, 7) is 0. The summed E-state index contributed by atoms with van der Waals surface area (Å²) in [7, 11) is 0. The Hall–Kier alpha value is -7.54. The molecule has 0 amide bonds. The Morgan fingerprint density at radius 3 is 1.79 bits per heavy atom. The van der Waals surface area contributed by atoms with Gasteiger partial charge in [0.25, 0.3) is 0 Å². The molecule has 6 heteroatoms. The third-order valence-electron chi connectivity index (χ3n) is 11.1. The third kappa shape index (κ3) is 5.23. The third-order valence-corrected chi connectivity index (χ3v) is 12.3. The number of thiophene rings is 1. The molecule has 12 aromatic rings. The highest BCUT2D eigenvalue weighted by atomic mass is 32.1. The van der Waals surface area contributed by atoms with Crippen LogP contribution in [0, 0.1) is 0 Å². The summed E-state index contributed by atoms with van der Waals surface area (Å²) in [5.41, 5.74) is 9.45. The minimum Gasteiger partial charge on any atom is -0.455 e. The second-order valence-electron chi connectivity index (χ2n) is 14.5. The molecule has 0 aliphatic heterocycles. The molecule has 0 unspecified atom stereocenters. The number of nitrogens with zero attached hydrogens (tertiary/aromatic N) is 4. The van der Waals surface area contributed by atoms with Crippen LogP contribution in [0.4, 0.5) is 0 Å². The SMILES string of the molecule is c1ccc(-c2nc(-c3ccc(-c4ccc5c(c4)nc(-c4ccccc4)c4ccc6sc7ccccc7c6c45)cc3)nc(-c3cccc4c3oc3ccccc34)n2)cc1. The van der Waals surface area contributed by atoms with Gasteiger partial charge in [-0.2, -0.15) is 0 Å². The summed E-state index contributed by atoms with van der Waals surface area (Å²) in [6, 6.07) is 63.2. The Morgan fingerprint density at radius 2 is 0.983 bits per heavy atom. The average molecular weight is 759 g/mol. The highest BCUT2D eigenvalue weighted by Crippen LogP contribution is 2.44. The van der Waals surface area contributed by atoms with Crippen molar-refractivity contribution in [1.29, 1.82) is 0 Å². The standard InChI is InChI=1S/C52H30N4OS/c1-3-12-32(13-4-1)48-40-28-29-45-47(39-17-8-10-21-44(39)58-45)46(40)38-27-26-35(30-42(38)53-48)31-22-24-34(25-23-31)51-54-50(33-14-5-2-6-15-33)55-52(56-51)41-19-11-18-37-36-16-7-9-20-43(36)57-49(37)41/h1-30H. The predicted octanol–water partition coefficient (Wildman–Crippen LogP) is 14.2. The molecule has 0 atom stereocenters. The van der Waals surface area contributed by atoms with Crippen molar-refractivity contribution in [2.45, 2.75) is 0 Å². The van der Waals surface area contributed by atoms with Crippen LogP contribution in [0.25, 0.3) is 120 Å². The molecule has 0 bridgehead atoms. The van der Waals surface area contributed by atoms with Crippen LogP contribution in [-0.2, 0) is 0 Å². The highest BCUT2D eigenvalue weighted by Gasteiger charge is 2.19. The number of hydrogen-bond donors (Lipinski definition) is 0. The lowest BCUT2D eigenvalue weighted by Gasteiger charge is -2.13. The van der Waals surface area contributed by atoms with Gasteiger partial charge in [-0.05, 0) is 41.5 Å². The predicted molar refractivity (Wildman–Crippen MR) is 240 cm³/mol. The van der Waals surface area contributed by atoms with E-state index in [2.05, 4.69) is 121 Å². The van der Waals surface area contributed by atoms with Gasteiger partial charge in [0.15, 0.2) is 17.5 Å². The summed E-state index contributed by atoms with van der Waals surface area (Å²) in [5.74, 6) is 1.76. The summed E-state index contributed by atoms with van der Waals surface area (Å²) < 4.78 is 8.99. The first-order chi connectivity index (χ1) is 28.7. The summed E-state index contributed by atoms with van der Waals surface area (Å²) in [4.78, 5) is 20.5. The van der Waals surface area contributed by atoms with Gasteiger partial charge in [-0.1, -0.05) is 152 Å². The van der Waals surface area contributed by atoms with Gasteiger partial charge >= 0.3 is 0 Å². The molecule has 0 spiro atoms. The number of rotatable bonds is 5. The van der Waals surface area contributed by atoms with E-state index in [1.165, 1.54) is 25.6 Å². The fourth-order valence-corrected chi connectivity index (χ4v) is 9.50. The van der Waals surface area contributed by atoms with E-state index in [0.29, 0.717) is 17.5 Å². The van der Waals surface area contributed by atoms with E-state index in [1.807, 2.05) is 72.0 Å². The minimum absolute atomic E-state index is 0.562. The zero-order valence-electron chi connectivity index (χ0n) is 30.9. The normalized spacial score (nSPS) is 11.8. The molecule has 12 rings (SSSR count). The van der Waals surface area contributed by atoms with Crippen LogP contribution in [0.3, 0.4) is 0 Å². The Morgan fingerprint density at radius 1 is 0.362 bits per heavy atom. The van der Waals surface area contributed by atoms with Crippen LogP contribution in [0.15, 0.2) is 186 Å². The second-order valence-corrected chi connectivity index (χ2v) is 15.6. The number of fused-ring (bicyclic) bond motifs is 10. The molecule has 4 aromatic heterocycles. The first kappa shape index (κ1) is 32.7. The molecule has 5 nitrogen and oxygen atoms in total. The molecule has 0 aliphatic carbocycles. The molecule has 0 saturated heterocycles. The number of hydrogen-bond acceptors (Lipinski definition) is 6. The fraction of sp³-hybridized carbons (Fsp3) is 0. The van der Waals surface area contributed by atoms with Crippen LogP contribution in [-0.4, -0.2) is 19.9 Å². The summed E-state index contributed by atoms with van der Waals surface area (Å²) >= 11 is 1.85. The van der Waals surface area contributed by atoms with Crippen LogP contribution in [0.2, 0.25) is 0 Å². The van der Waals surface area contributed by atoms with Gasteiger partial charge in [0.05, 0.1) is 16.8 Å². The lowest BCUT2D eigenvalue weighted by atomic mass is 9.94. The molecule has 0 N–H and O–H groups in total. The van der Waals surface area contributed by atoms with Crippen LogP contribution in [0.1, 0.15) is 0 Å². The zero-order chi connectivity index (χ0) is 38.2. The molecular weight excluding hydrogens is 729 g/mol. The molecule has 0 fully saturated rings. The monoisotopic (exact) mass is 758 g/mol. The van der Waals surface area contributed by atoms with Crippen molar-refractivity contribution in [3.05, 3.63) is 182 Å². The van der Waals surface area contributed by atoms with Gasteiger partial charge < -0.3 is 4.42 Å². The number of aromatic nitrogens is 4. The zero-order valence-corrected chi connectivity index (χ0v) is 31.7. The molecule has 8 aromatic carbocycles. The Bertz CT molecular complexity index is 3560. The topological polar surface area (TPSA) is 64.7 Å². The van der Waals surface area contributed by atoms with Crippen molar-refractivity contribution < 1.29 is 4.42 Å². The van der Waals surface area contributed by atoms with Crippen molar-refractivity contribution in [1.82, 2.24) is 19.9 Å². The van der Waals surface area contributed by atoms with Crippen molar-refractivity contribution >= 4 is 75.1 Å². The van der Waals surface area contributed by atoms with Crippen molar-refractivity contribution in [2.24, 2.45) is 0 Å². The average Bonchev–Trinajstić information content (AvgIpc) is 3.88. The van der Waals surface area contributed by atoms with Gasteiger partial charge in [-0.25, -0.2) is 19.9 Å². The van der Waals surface area contributed by atoms with E-state index < -0.39 is 0 Å². The first-order valence-electron chi connectivity index (χ1n) is 19.3. The van der Waals surface area contributed by atoms with E-state index in [4.69, 9.17) is 24.4 Å². The number of furan rings is 1. The van der Waals surface area contributed by atoms with Gasteiger partial charge in [0, 0.05) is 63.8 Å². The van der Waals surface area contributed by atoms with E-state index in [9.17, 15) is 0 Å². The maximum absolute atomic E-state index is 6.41. The van der Waals surface area contributed by atoms with E-state index in [0.717, 1.165) is 77.3 Å². The quantitative estimate of drug-likeness (QED) is 0.164. The lowest BCUT2D eigenvalue weighted by Crippen LogP contribution is -2.00. The highest BCUT2D eigenvalue weighted by molar-refractivity contribution is 7.26. The smallest absolute Gasteiger partial charge is 0.167 e. The molecule has 270 valence electrons. The lowest BCUT2D eigenvalue weighted by molar-refractivity contribution is 0.669. The number of benzene rings is 8. The van der Waals surface area contributed by atoms with Gasteiger partial charge in [0.1, 0.15) is 11.2 Å². The molecule has 0 saturated carbocycles. The first-order valence-corrected chi connectivity index (χ1v) is 20.1. The summed E-state index contributed by atoms with van der Waals surface area (Å²) in [6.07, 6.45) is 0. The Labute approximate surface area is 336 Å². The summed E-state index contributed by atoms with van der Waals surface area (Å²) in [5, 5.41) is 8.23. The second kappa shape index (κ2) is 13.0. The number of pyridine rings is 1. The molecule has 0 radical (unpaired) electrons. The van der Waals surface area contributed by atoms with Crippen LogP contribution < -0.4 is 0 Å². The molecule has 4 heterocycles. The van der Waals surface area contributed by atoms with Crippen LogP contribution in [0.5, 0.6) is 0 Å². The van der Waals surface area contributed by atoms with E-state index in [1.54, 1.807) is 0 Å². The van der Waals surface area contributed by atoms with Gasteiger partial charge in [0.2, 0.25) is 0 Å². The molecular formula is C52H30N4OS. The molecule has 0 aliphatic rings. The van der Waals surface area contributed by atoms with E-state index in [-0.39, 0.29) is 0 Å². The number of para-hydroxylation sites is 2. The van der Waals surface area contributed by atoms with Crippen LogP contribution >= 0.6 is 11.3 Å². The fourth-order valence-electron chi connectivity index (χ4n) is 8.38. The van der Waals surface area contributed by atoms with Crippen molar-refractivity contribution in [2.75, 3.05) is 0 Å². The van der Waals surface area contributed by atoms with Gasteiger partial charge in [-0.3, -0.25) is 0 Å². The largest absolute Gasteiger partial charge is 0.455 e. The van der Waals surface area contributed by atoms with E-state index >= 15 is 0 Å². The molecule has 58 heavy (non-hydrogen) atoms. The maximum atomic E-state index is 6.41. The van der Waals surface area contributed by atoms with Gasteiger partial charge in [-0.15, -0.1) is 11.3 Å². The maximum Gasteiger partial charge on any atom is 0.167 e. The Kier molecular flexibility index (Phi) is 7.33.